The molecule has 8 nitrogen and oxygen atoms in total. The van der Waals surface area contributed by atoms with Crippen LogP contribution in [-0.4, -0.2) is 36.1 Å². The van der Waals surface area contributed by atoms with E-state index < -0.39 is 0 Å². The second-order valence-electron chi connectivity index (χ2n) is 10.3. The van der Waals surface area contributed by atoms with Crippen LogP contribution in [0.4, 0.5) is 0 Å². The molecule has 1 aromatic heterocycles. The maximum atomic E-state index is 12.3. The average molecular weight is 544 g/mol. The summed E-state index contributed by atoms with van der Waals surface area (Å²) < 4.78 is 25.0. The van der Waals surface area contributed by atoms with Crippen molar-refractivity contribution in [3.05, 3.63) is 77.0 Å². The van der Waals surface area contributed by atoms with Gasteiger partial charge in [0.05, 0.1) is 31.8 Å². The molecule has 0 fully saturated rings. The number of hydrogen-bond acceptors (Lipinski definition) is 7. The molecule has 0 saturated carbocycles. The van der Waals surface area contributed by atoms with Crippen molar-refractivity contribution in [2.45, 2.75) is 58.9 Å². The molecule has 0 aliphatic carbocycles. The standard InChI is InChI=1S/C32H37N3O5/c1-5-38-31(36)17-23-10-9-21(18-37-4)15-30(23)40-19-28-26-16-22(11-12-29(26)35(34-28)20(2)3)24-7-6-8-25-27(33)13-14-39-32(24)25/h6-12,15-16,20,27H,5,13-14,17-19,33H2,1-4H3. The van der Waals surface area contributed by atoms with Gasteiger partial charge >= 0.3 is 5.97 Å². The Hall–Kier alpha value is -3.88. The summed E-state index contributed by atoms with van der Waals surface area (Å²) in [5.41, 5.74) is 13.0. The molecule has 210 valence electrons. The van der Waals surface area contributed by atoms with Crippen molar-refractivity contribution >= 4 is 16.9 Å². The number of carbonyl (C=O) groups is 1. The Morgan fingerprint density at radius 2 is 2.00 bits per heavy atom. The van der Waals surface area contributed by atoms with Crippen LogP contribution in [0.5, 0.6) is 11.5 Å². The highest BCUT2D eigenvalue weighted by atomic mass is 16.5. The minimum atomic E-state index is -0.292. The van der Waals surface area contributed by atoms with Gasteiger partial charge in [-0.3, -0.25) is 9.48 Å². The number of benzene rings is 3. The number of para-hydroxylation sites is 1. The minimum Gasteiger partial charge on any atom is -0.493 e. The van der Waals surface area contributed by atoms with Crippen LogP contribution in [-0.2, 0) is 33.9 Å². The van der Waals surface area contributed by atoms with Gasteiger partial charge in [0, 0.05) is 47.7 Å². The van der Waals surface area contributed by atoms with E-state index in [1.165, 1.54) is 0 Å². The Bertz CT molecular complexity index is 1510. The summed E-state index contributed by atoms with van der Waals surface area (Å²) in [6.45, 7) is 7.64. The van der Waals surface area contributed by atoms with Crippen LogP contribution in [0.1, 0.15) is 61.7 Å². The van der Waals surface area contributed by atoms with E-state index in [9.17, 15) is 4.79 Å². The topological polar surface area (TPSA) is 97.8 Å². The zero-order chi connectivity index (χ0) is 28.2. The lowest BCUT2D eigenvalue weighted by atomic mass is 9.94. The Morgan fingerprint density at radius 3 is 2.77 bits per heavy atom. The Balaban J connectivity index is 1.52. The number of rotatable bonds is 10. The average Bonchev–Trinajstić information content (AvgIpc) is 3.31. The summed E-state index contributed by atoms with van der Waals surface area (Å²) in [4.78, 5) is 12.3. The van der Waals surface area contributed by atoms with Gasteiger partial charge in [-0.25, -0.2) is 0 Å². The molecule has 3 aromatic carbocycles. The van der Waals surface area contributed by atoms with Gasteiger partial charge in [-0.2, -0.15) is 5.10 Å². The second kappa shape index (κ2) is 12.1. The highest BCUT2D eigenvalue weighted by molar-refractivity contribution is 5.88. The first kappa shape index (κ1) is 27.7. The molecule has 40 heavy (non-hydrogen) atoms. The SMILES string of the molecule is CCOC(=O)Cc1ccc(COC)cc1OCc1nn(C(C)C)c2ccc(-c3cccc4c3OCCC4N)cc12. The molecule has 0 saturated heterocycles. The van der Waals surface area contributed by atoms with E-state index in [1.54, 1.807) is 14.0 Å². The summed E-state index contributed by atoms with van der Waals surface area (Å²) in [6.07, 6.45) is 0.935. The number of nitrogens with two attached hydrogens (primary N) is 1. The lowest BCUT2D eigenvalue weighted by Gasteiger charge is -2.25. The van der Waals surface area contributed by atoms with Gasteiger partial charge in [0.15, 0.2) is 0 Å². The van der Waals surface area contributed by atoms with E-state index in [-0.39, 0.29) is 31.1 Å². The first-order valence-electron chi connectivity index (χ1n) is 13.8. The third-order valence-corrected chi connectivity index (χ3v) is 7.15. The van der Waals surface area contributed by atoms with E-state index in [0.29, 0.717) is 25.6 Å². The number of esters is 1. The molecule has 1 atom stereocenters. The van der Waals surface area contributed by atoms with Crippen LogP contribution in [0.25, 0.3) is 22.0 Å². The number of carbonyl (C=O) groups excluding carboxylic acids is 1. The van der Waals surface area contributed by atoms with Gasteiger partial charge in [-0.1, -0.05) is 36.4 Å². The van der Waals surface area contributed by atoms with Crippen LogP contribution in [0.3, 0.4) is 0 Å². The van der Waals surface area contributed by atoms with Gasteiger partial charge in [0.1, 0.15) is 23.8 Å². The smallest absolute Gasteiger partial charge is 0.310 e. The molecular formula is C32H37N3O5. The summed E-state index contributed by atoms with van der Waals surface area (Å²) in [7, 11) is 1.65. The summed E-state index contributed by atoms with van der Waals surface area (Å²) in [5, 5.41) is 5.94. The quantitative estimate of drug-likeness (QED) is 0.249. The van der Waals surface area contributed by atoms with Crippen LogP contribution in [0.2, 0.25) is 0 Å². The Kier molecular flexibility index (Phi) is 8.38. The third kappa shape index (κ3) is 5.69. The normalized spacial score (nSPS) is 14.7. The summed E-state index contributed by atoms with van der Waals surface area (Å²) >= 11 is 0. The van der Waals surface area contributed by atoms with Crippen molar-refractivity contribution < 1.29 is 23.7 Å². The minimum absolute atomic E-state index is 0.0299. The van der Waals surface area contributed by atoms with Gasteiger partial charge in [-0.05, 0) is 50.1 Å². The van der Waals surface area contributed by atoms with E-state index in [2.05, 4.69) is 38.1 Å². The fourth-order valence-electron chi connectivity index (χ4n) is 5.20. The highest BCUT2D eigenvalue weighted by Crippen LogP contribution is 2.40. The monoisotopic (exact) mass is 543 g/mol. The van der Waals surface area contributed by atoms with Crippen molar-refractivity contribution in [2.75, 3.05) is 20.3 Å². The van der Waals surface area contributed by atoms with Crippen LogP contribution in [0.15, 0.2) is 54.6 Å². The van der Waals surface area contributed by atoms with E-state index in [1.807, 2.05) is 35.0 Å². The van der Waals surface area contributed by atoms with Gasteiger partial charge in [0.25, 0.3) is 0 Å². The molecule has 8 heteroatoms. The fraction of sp³-hybridized carbons (Fsp3) is 0.375. The van der Waals surface area contributed by atoms with E-state index in [0.717, 1.165) is 56.6 Å². The van der Waals surface area contributed by atoms with Crippen molar-refractivity contribution in [3.8, 4) is 22.6 Å². The molecule has 0 amide bonds. The molecule has 2 N–H and O–H groups in total. The van der Waals surface area contributed by atoms with Crippen LogP contribution in [0, 0.1) is 0 Å². The molecule has 0 radical (unpaired) electrons. The van der Waals surface area contributed by atoms with Crippen LogP contribution < -0.4 is 15.2 Å². The largest absolute Gasteiger partial charge is 0.493 e. The Labute approximate surface area is 235 Å². The van der Waals surface area contributed by atoms with Gasteiger partial charge in [0.2, 0.25) is 0 Å². The Morgan fingerprint density at radius 1 is 1.15 bits per heavy atom. The number of ether oxygens (including phenoxy) is 4. The zero-order valence-corrected chi connectivity index (χ0v) is 23.6. The number of hydrogen-bond donors (Lipinski definition) is 1. The second-order valence-corrected chi connectivity index (χ2v) is 10.3. The fourth-order valence-corrected chi connectivity index (χ4v) is 5.20. The number of aromatic nitrogens is 2. The first-order chi connectivity index (χ1) is 19.4. The van der Waals surface area contributed by atoms with Gasteiger partial charge in [-0.15, -0.1) is 0 Å². The van der Waals surface area contributed by atoms with E-state index >= 15 is 0 Å². The molecule has 4 aromatic rings. The molecule has 2 heterocycles. The number of fused-ring (bicyclic) bond motifs is 2. The van der Waals surface area contributed by atoms with Crippen molar-refractivity contribution in [1.29, 1.82) is 0 Å². The maximum Gasteiger partial charge on any atom is 0.310 e. The lowest BCUT2D eigenvalue weighted by Crippen LogP contribution is -2.20. The maximum absolute atomic E-state index is 12.3. The highest BCUT2D eigenvalue weighted by Gasteiger charge is 2.22. The van der Waals surface area contributed by atoms with Crippen molar-refractivity contribution in [1.82, 2.24) is 9.78 Å². The molecule has 1 aliphatic heterocycles. The molecule has 1 aliphatic rings. The van der Waals surface area contributed by atoms with Crippen LogP contribution >= 0.6 is 0 Å². The predicted octanol–water partition coefficient (Wildman–Crippen LogP) is 5.90. The zero-order valence-electron chi connectivity index (χ0n) is 23.6. The van der Waals surface area contributed by atoms with E-state index in [4.69, 9.17) is 29.8 Å². The molecular weight excluding hydrogens is 506 g/mol. The molecule has 0 spiro atoms. The number of nitrogens with zero attached hydrogens (tertiary/aromatic N) is 2. The molecule has 5 rings (SSSR count). The molecule has 1 unspecified atom stereocenters. The van der Waals surface area contributed by atoms with Crippen molar-refractivity contribution in [2.24, 2.45) is 5.73 Å². The lowest BCUT2D eigenvalue weighted by molar-refractivity contribution is -0.142. The first-order valence-corrected chi connectivity index (χ1v) is 13.8. The summed E-state index contributed by atoms with van der Waals surface area (Å²) in [6, 6.07) is 18.4. The van der Waals surface area contributed by atoms with Gasteiger partial charge < -0.3 is 24.7 Å². The molecule has 0 bridgehead atoms. The summed E-state index contributed by atoms with van der Waals surface area (Å²) in [5.74, 6) is 1.18. The number of methoxy groups -OCH3 is 1. The third-order valence-electron chi connectivity index (χ3n) is 7.15. The predicted molar refractivity (Wildman–Crippen MR) is 154 cm³/mol. The van der Waals surface area contributed by atoms with Crippen molar-refractivity contribution in [3.63, 3.8) is 0 Å².